The Bertz CT molecular complexity index is 593. The molecule has 6 heteroatoms. The molecule has 0 aliphatic heterocycles. The smallest absolute Gasteiger partial charge is 0.487 e. The summed E-state index contributed by atoms with van der Waals surface area (Å²) in [5, 5.41) is 0. The molecule has 2 nitrogen and oxygen atoms in total. The first-order valence-corrected chi connectivity index (χ1v) is 6.20. The fourth-order valence-corrected chi connectivity index (χ4v) is 1.93. The van der Waals surface area contributed by atoms with Crippen LogP contribution in [-0.2, 0) is 6.61 Å². The third-order valence-corrected chi connectivity index (χ3v) is 3.14. The van der Waals surface area contributed by atoms with Gasteiger partial charge in [-0.05, 0) is 36.6 Å². The molecule has 2 aromatic rings. The quantitative estimate of drug-likeness (QED) is 0.801. The van der Waals surface area contributed by atoms with Crippen molar-refractivity contribution < 1.29 is 17.7 Å². The number of hydrogen-bond acceptors (Lipinski definition) is 2. The number of hydrogen-bond donors (Lipinski definition) is 0. The Labute approximate surface area is 115 Å². The summed E-state index contributed by atoms with van der Waals surface area (Å²) < 4.78 is 43.3. The first-order chi connectivity index (χ1) is 9.38. The summed E-state index contributed by atoms with van der Waals surface area (Å²) in [7, 11) is 0. The first-order valence-electron chi connectivity index (χ1n) is 6.20. The van der Waals surface area contributed by atoms with Crippen LogP contribution in [0.1, 0.15) is 16.7 Å². The van der Waals surface area contributed by atoms with Crippen molar-refractivity contribution in [1.82, 2.24) is 4.98 Å². The van der Waals surface area contributed by atoms with Crippen LogP contribution in [0.5, 0.6) is 5.75 Å². The molecule has 0 aliphatic rings. The number of benzene rings is 1. The van der Waals surface area contributed by atoms with Gasteiger partial charge in [0.05, 0.1) is 6.20 Å². The average Bonchev–Trinajstić information content (AvgIpc) is 2.37. The third kappa shape index (κ3) is 3.32. The van der Waals surface area contributed by atoms with Crippen LogP contribution in [0.4, 0.5) is 12.9 Å². The number of nitrogens with zero attached hydrogens (tertiary/aromatic N) is 1. The number of rotatable bonds is 4. The van der Waals surface area contributed by atoms with E-state index in [1.807, 2.05) is 32.0 Å². The van der Waals surface area contributed by atoms with Crippen molar-refractivity contribution in [2.45, 2.75) is 20.5 Å². The zero-order valence-corrected chi connectivity index (χ0v) is 11.2. The van der Waals surface area contributed by atoms with Gasteiger partial charge >= 0.3 is 6.98 Å². The van der Waals surface area contributed by atoms with E-state index in [1.165, 1.54) is 6.20 Å². The van der Waals surface area contributed by atoms with Crippen LogP contribution in [0.3, 0.4) is 0 Å². The van der Waals surface area contributed by atoms with Crippen LogP contribution >= 0.6 is 0 Å². The molecule has 2 rings (SSSR count). The molecular weight excluding hydrogens is 266 g/mol. The predicted octanol–water partition coefficient (Wildman–Crippen LogP) is 3.33. The number of ether oxygens (including phenoxy) is 1. The van der Waals surface area contributed by atoms with Crippen LogP contribution < -0.4 is 10.2 Å². The Morgan fingerprint density at radius 2 is 1.75 bits per heavy atom. The summed E-state index contributed by atoms with van der Waals surface area (Å²) in [4.78, 5) is 3.58. The molecule has 106 valence electrons. The van der Waals surface area contributed by atoms with Gasteiger partial charge in [0.25, 0.3) is 0 Å². The lowest BCUT2D eigenvalue weighted by Gasteiger charge is -2.16. The fraction of sp³-hybridized carbons (Fsp3) is 0.214. The van der Waals surface area contributed by atoms with E-state index in [0.717, 1.165) is 29.0 Å². The van der Waals surface area contributed by atoms with E-state index in [9.17, 15) is 12.9 Å². The van der Waals surface area contributed by atoms with Crippen LogP contribution in [0, 0.1) is 13.8 Å². The average molecular weight is 280 g/mol. The Morgan fingerprint density at radius 3 is 2.35 bits per heavy atom. The minimum Gasteiger partial charge on any atom is -0.487 e. The van der Waals surface area contributed by atoms with Gasteiger partial charge in [-0.3, -0.25) is 4.98 Å². The molecule has 1 aromatic carbocycles. The molecule has 0 fully saturated rings. The molecule has 0 N–H and O–H groups in total. The number of aryl methyl sites for hydroxylation is 2. The molecular formula is C14H14BF3NO-. The molecule has 1 aromatic heterocycles. The largest absolute Gasteiger partial charge is 0.511 e. The molecule has 0 radical (unpaired) electrons. The Hall–Kier alpha value is -1.98. The molecule has 0 amide bonds. The second-order valence-corrected chi connectivity index (χ2v) is 4.69. The van der Waals surface area contributed by atoms with Crippen molar-refractivity contribution >= 4 is 12.4 Å². The van der Waals surface area contributed by atoms with Crippen molar-refractivity contribution in [2.24, 2.45) is 0 Å². The molecule has 0 bridgehead atoms. The third-order valence-electron chi connectivity index (χ3n) is 3.14. The summed E-state index contributed by atoms with van der Waals surface area (Å²) in [5.41, 5.74) is 2.34. The molecule has 0 unspecified atom stereocenters. The van der Waals surface area contributed by atoms with E-state index in [2.05, 4.69) is 4.98 Å². The van der Waals surface area contributed by atoms with Gasteiger partial charge in [0.15, 0.2) is 0 Å². The van der Waals surface area contributed by atoms with Crippen molar-refractivity contribution in [3.8, 4) is 5.75 Å². The van der Waals surface area contributed by atoms with Gasteiger partial charge in [-0.15, -0.1) is 0 Å². The lowest BCUT2D eigenvalue weighted by atomic mass is 9.81. The van der Waals surface area contributed by atoms with E-state index in [4.69, 9.17) is 4.74 Å². The highest BCUT2D eigenvalue weighted by Gasteiger charge is 2.26. The van der Waals surface area contributed by atoms with Gasteiger partial charge in [-0.1, -0.05) is 23.7 Å². The summed E-state index contributed by atoms with van der Waals surface area (Å²) in [6, 6.07) is 6.81. The number of halogens is 3. The molecule has 0 saturated carbocycles. The number of pyridine rings is 1. The zero-order valence-electron chi connectivity index (χ0n) is 11.2. The van der Waals surface area contributed by atoms with E-state index < -0.39 is 12.4 Å². The topological polar surface area (TPSA) is 22.1 Å². The van der Waals surface area contributed by atoms with Gasteiger partial charge < -0.3 is 17.7 Å². The maximum atomic E-state index is 12.6. The standard InChI is InChI=1S/C14H14BF3NO/c1-10-4-3-5-11(2)14(10)9-20-13-6-12(7-19-8-13)15(16,17)18/h3-8H,9H2,1-2H3/q-1. The van der Waals surface area contributed by atoms with Crippen LogP contribution in [-0.4, -0.2) is 12.0 Å². The van der Waals surface area contributed by atoms with Crippen LogP contribution in [0.15, 0.2) is 36.7 Å². The van der Waals surface area contributed by atoms with Gasteiger partial charge in [0.1, 0.15) is 12.4 Å². The minimum absolute atomic E-state index is 0.129. The zero-order chi connectivity index (χ0) is 14.8. The SMILES string of the molecule is Cc1cccc(C)c1COc1cncc([B-](F)(F)F)c1. The Kier molecular flexibility index (Phi) is 4.02. The summed E-state index contributed by atoms with van der Waals surface area (Å²) in [6.07, 6.45) is 2.10. The van der Waals surface area contributed by atoms with Crippen LogP contribution in [0.2, 0.25) is 0 Å². The van der Waals surface area contributed by atoms with E-state index in [1.54, 1.807) is 0 Å². The van der Waals surface area contributed by atoms with Crippen molar-refractivity contribution in [3.63, 3.8) is 0 Å². The molecule has 0 aliphatic carbocycles. The maximum absolute atomic E-state index is 12.6. The highest BCUT2D eigenvalue weighted by atomic mass is 19.4. The summed E-state index contributed by atoms with van der Waals surface area (Å²) in [5.74, 6) is 0.129. The first kappa shape index (κ1) is 14.4. The van der Waals surface area contributed by atoms with Gasteiger partial charge in [-0.2, -0.15) is 0 Å². The minimum atomic E-state index is -5.05. The second kappa shape index (κ2) is 5.57. The highest BCUT2D eigenvalue weighted by molar-refractivity contribution is 6.73. The van der Waals surface area contributed by atoms with Gasteiger partial charge in [0.2, 0.25) is 0 Å². The number of aromatic nitrogens is 1. The highest BCUT2D eigenvalue weighted by Crippen LogP contribution is 2.18. The van der Waals surface area contributed by atoms with Crippen molar-refractivity contribution in [3.05, 3.63) is 53.3 Å². The molecule has 20 heavy (non-hydrogen) atoms. The van der Waals surface area contributed by atoms with Crippen molar-refractivity contribution in [1.29, 1.82) is 0 Å². The molecule has 0 atom stereocenters. The monoisotopic (exact) mass is 280 g/mol. The maximum Gasteiger partial charge on any atom is 0.511 e. The Balaban J connectivity index is 2.16. The van der Waals surface area contributed by atoms with E-state index in [0.29, 0.717) is 0 Å². The van der Waals surface area contributed by atoms with Crippen LogP contribution in [0.25, 0.3) is 0 Å². The fourth-order valence-electron chi connectivity index (χ4n) is 1.93. The summed E-state index contributed by atoms with van der Waals surface area (Å²) >= 11 is 0. The second-order valence-electron chi connectivity index (χ2n) is 4.69. The summed E-state index contributed by atoms with van der Waals surface area (Å²) in [6.45, 7) is -0.935. The molecule has 0 spiro atoms. The molecule has 0 saturated heterocycles. The predicted molar refractivity (Wildman–Crippen MR) is 73.2 cm³/mol. The molecule has 1 heterocycles. The van der Waals surface area contributed by atoms with Crippen molar-refractivity contribution in [2.75, 3.05) is 0 Å². The van der Waals surface area contributed by atoms with E-state index >= 15 is 0 Å². The lowest BCUT2D eigenvalue weighted by Crippen LogP contribution is -2.34. The Morgan fingerprint density at radius 1 is 1.10 bits per heavy atom. The van der Waals surface area contributed by atoms with E-state index in [-0.39, 0.29) is 12.4 Å². The lowest BCUT2D eigenvalue weighted by molar-refractivity contribution is 0.303. The van der Waals surface area contributed by atoms with Gasteiger partial charge in [0, 0.05) is 6.20 Å². The normalized spacial score (nSPS) is 11.4. The van der Waals surface area contributed by atoms with Gasteiger partial charge in [-0.25, -0.2) is 0 Å².